The number of oxazole rings is 1. The van der Waals surface area contributed by atoms with Crippen LogP contribution in [0, 0.1) is 0 Å². The van der Waals surface area contributed by atoms with E-state index in [1.165, 1.54) is 0 Å². The number of nitrogens with zero attached hydrogens (tertiary/aromatic N) is 1. The molecule has 1 amide bonds. The Morgan fingerprint density at radius 1 is 1.16 bits per heavy atom. The lowest BCUT2D eigenvalue weighted by Crippen LogP contribution is -2.50. The molecule has 3 aromatic rings. The summed E-state index contributed by atoms with van der Waals surface area (Å²) in [6.45, 7) is 1.77. The third-order valence-corrected chi connectivity index (χ3v) is 6.35. The van der Waals surface area contributed by atoms with E-state index in [2.05, 4.69) is 10.3 Å². The molecule has 0 aliphatic carbocycles. The fourth-order valence-electron chi connectivity index (χ4n) is 3.12. The Labute approximate surface area is 187 Å². The SMILES string of the molecule is CC[C@H](NC(=O)C(N)CS(=O)(=O)Cc1ccccc1)C(O)c1nc2ccccc2o1.Cl. The number of hydrogen-bond acceptors (Lipinski definition) is 7. The van der Waals surface area contributed by atoms with E-state index in [0.717, 1.165) is 0 Å². The minimum atomic E-state index is -3.59. The lowest BCUT2D eigenvalue weighted by Gasteiger charge is -2.22. The molecule has 0 radical (unpaired) electrons. The fraction of sp³-hybridized carbons (Fsp3) is 0.333. The quantitative estimate of drug-likeness (QED) is 0.438. The monoisotopic (exact) mass is 467 g/mol. The average Bonchev–Trinajstić information content (AvgIpc) is 3.15. The lowest BCUT2D eigenvalue weighted by molar-refractivity contribution is -0.123. The molecule has 2 aromatic carbocycles. The zero-order valence-electron chi connectivity index (χ0n) is 17.0. The molecule has 10 heteroatoms. The first kappa shape index (κ1) is 24.8. The van der Waals surface area contributed by atoms with Gasteiger partial charge in [0.05, 0.1) is 23.6 Å². The maximum atomic E-state index is 12.5. The maximum absolute atomic E-state index is 12.5. The normalized spacial score (nSPS) is 14.4. The van der Waals surface area contributed by atoms with Crippen molar-refractivity contribution in [3.63, 3.8) is 0 Å². The lowest BCUT2D eigenvalue weighted by atomic mass is 10.1. The van der Waals surface area contributed by atoms with Crippen LogP contribution < -0.4 is 11.1 Å². The molecule has 0 saturated carbocycles. The molecule has 168 valence electrons. The Balaban J connectivity index is 0.00000341. The summed E-state index contributed by atoms with van der Waals surface area (Å²) in [5.41, 5.74) is 7.59. The number of carbonyl (C=O) groups is 1. The van der Waals surface area contributed by atoms with E-state index in [0.29, 0.717) is 23.1 Å². The third-order valence-electron chi connectivity index (χ3n) is 4.71. The standard InChI is InChI=1S/C21H25N3O5S.ClH/c1-2-16(19(25)21-24-17-10-6-7-11-18(17)29-21)23-20(26)15(22)13-30(27,28)12-14-8-4-3-5-9-14;/h3-11,15-16,19,25H,2,12-13,22H2,1H3,(H,23,26);1H/t15?,16-,19?;/m0./s1. The summed E-state index contributed by atoms with van der Waals surface area (Å²) < 4.78 is 30.3. The highest BCUT2D eigenvalue weighted by molar-refractivity contribution is 7.90. The Hall–Kier alpha value is -2.46. The number of aliphatic hydroxyl groups excluding tert-OH is 1. The highest BCUT2D eigenvalue weighted by Gasteiger charge is 2.29. The molecule has 0 fully saturated rings. The predicted molar refractivity (Wildman–Crippen MR) is 120 cm³/mol. The molecule has 8 nitrogen and oxygen atoms in total. The van der Waals surface area contributed by atoms with Crippen LogP contribution in [-0.4, -0.2) is 42.3 Å². The number of aliphatic hydroxyl groups is 1. The van der Waals surface area contributed by atoms with Gasteiger partial charge in [-0.25, -0.2) is 13.4 Å². The van der Waals surface area contributed by atoms with Gasteiger partial charge in [-0.1, -0.05) is 49.4 Å². The van der Waals surface area contributed by atoms with Crippen LogP contribution in [-0.2, 0) is 20.4 Å². The molecule has 0 saturated heterocycles. The van der Waals surface area contributed by atoms with E-state index in [-0.39, 0.29) is 24.1 Å². The minimum Gasteiger partial charge on any atom is -0.438 e. The number of hydrogen-bond donors (Lipinski definition) is 3. The van der Waals surface area contributed by atoms with Gasteiger partial charge in [-0.2, -0.15) is 0 Å². The van der Waals surface area contributed by atoms with Gasteiger partial charge in [-0.15, -0.1) is 12.4 Å². The Morgan fingerprint density at radius 3 is 2.45 bits per heavy atom. The second kappa shape index (κ2) is 10.7. The second-order valence-electron chi connectivity index (χ2n) is 7.13. The Bertz CT molecular complexity index is 1070. The third kappa shape index (κ3) is 6.51. The summed E-state index contributed by atoms with van der Waals surface area (Å²) in [6.07, 6.45) is -0.825. The van der Waals surface area contributed by atoms with Crippen molar-refractivity contribution in [2.75, 3.05) is 5.75 Å². The molecule has 31 heavy (non-hydrogen) atoms. The van der Waals surface area contributed by atoms with Crippen molar-refractivity contribution < 1.29 is 22.7 Å². The summed E-state index contributed by atoms with van der Waals surface area (Å²) in [5.74, 6) is -1.27. The summed E-state index contributed by atoms with van der Waals surface area (Å²) in [4.78, 5) is 16.7. The van der Waals surface area contributed by atoms with E-state index < -0.39 is 39.7 Å². The smallest absolute Gasteiger partial charge is 0.238 e. The second-order valence-corrected chi connectivity index (χ2v) is 9.24. The van der Waals surface area contributed by atoms with Gasteiger partial charge in [0, 0.05) is 0 Å². The molecule has 0 aliphatic heterocycles. The number of amides is 1. The van der Waals surface area contributed by atoms with Crippen LogP contribution in [0.3, 0.4) is 0 Å². The molecule has 0 spiro atoms. The number of nitrogens with two attached hydrogens (primary N) is 1. The van der Waals surface area contributed by atoms with Crippen LogP contribution in [0.5, 0.6) is 0 Å². The van der Waals surface area contributed by atoms with Crippen LogP contribution in [0.15, 0.2) is 59.0 Å². The number of nitrogens with one attached hydrogen (secondary N) is 1. The van der Waals surface area contributed by atoms with E-state index >= 15 is 0 Å². The van der Waals surface area contributed by atoms with Crippen molar-refractivity contribution in [2.45, 2.75) is 37.3 Å². The molecule has 3 atom stereocenters. The van der Waals surface area contributed by atoms with Crippen molar-refractivity contribution in [2.24, 2.45) is 5.73 Å². The van der Waals surface area contributed by atoms with E-state index in [1.54, 1.807) is 61.5 Å². The first-order valence-electron chi connectivity index (χ1n) is 9.63. The van der Waals surface area contributed by atoms with Gasteiger partial charge in [-0.05, 0) is 24.1 Å². The zero-order valence-corrected chi connectivity index (χ0v) is 18.6. The van der Waals surface area contributed by atoms with Gasteiger partial charge < -0.3 is 20.6 Å². The number of aromatic nitrogens is 1. The number of sulfone groups is 1. The van der Waals surface area contributed by atoms with Gasteiger partial charge in [0.2, 0.25) is 11.8 Å². The topological polar surface area (TPSA) is 136 Å². The van der Waals surface area contributed by atoms with Crippen molar-refractivity contribution in [1.29, 1.82) is 0 Å². The molecule has 4 N–H and O–H groups in total. The number of para-hydroxylation sites is 2. The van der Waals surface area contributed by atoms with Crippen molar-refractivity contribution in [1.82, 2.24) is 10.3 Å². The predicted octanol–water partition coefficient (Wildman–Crippen LogP) is 2.12. The summed E-state index contributed by atoms with van der Waals surface area (Å²) in [5, 5.41) is 13.2. The van der Waals surface area contributed by atoms with Gasteiger partial charge in [0.1, 0.15) is 5.52 Å². The van der Waals surface area contributed by atoms with Gasteiger partial charge in [0.25, 0.3) is 0 Å². The summed E-state index contributed by atoms with van der Waals surface area (Å²) >= 11 is 0. The highest BCUT2D eigenvalue weighted by Crippen LogP contribution is 2.23. The van der Waals surface area contributed by atoms with Gasteiger partial charge in [0.15, 0.2) is 21.5 Å². The highest BCUT2D eigenvalue weighted by atomic mass is 35.5. The van der Waals surface area contributed by atoms with Crippen LogP contribution in [0.25, 0.3) is 11.1 Å². The van der Waals surface area contributed by atoms with Gasteiger partial charge in [-0.3, -0.25) is 4.79 Å². The summed E-state index contributed by atoms with van der Waals surface area (Å²) in [6, 6.07) is 13.8. The molecular weight excluding hydrogens is 442 g/mol. The van der Waals surface area contributed by atoms with Crippen molar-refractivity contribution in [3.8, 4) is 0 Å². The first-order valence-corrected chi connectivity index (χ1v) is 11.4. The molecule has 0 aliphatic rings. The average molecular weight is 468 g/mol. The molecule has 3 rings (SSSR count). The van der Waals surface area contributed by atoms with Crippen LogP contribution in [0.2, 0.25) is 0 Å². The van der Waals surface area contributed by atoms with Crippen LogP contribution >= 0.6 is 12.4 Å². The van der Waals surface area contributed by atoms with E-state index in [9.17, 15) is 18.3 Å². The molecule has 1 aromatic heterocycles. The van der Waals surface area contributed by atoms with Gasteiger partial charge >= 0.3 is 0 Å². The number of halogens is 1. The summed E-state index contributed by atoms with van der Waals surface area (Å²) in [7, 11) is -3.59. The number of rotatable bonds is 9. The Kier molecular flexibility index (Phi) is 8.58. The number of fused-ring (bicyclic) bond motifs is 1. The first-order chi connectivity index (χ1) is 14.3. The number of benzene rings is 2. The number of carbonyl (C=O) groups excluding carboxylic acids is 1. The fourth-order valence-corrected chi connectivity index (χ4v) is 4.64. The molecular formula is C21H26ClN3O5S. The minimum absolute atomic E-state index is 0. The molecule has 0 bridgehead atoms. The van der Waals surface area contributed by atoms with Crippen LogP contribution in [0.4, 0.5) is 0 Å². The molecule has 1 heterocycles. The largest absolute Gasteiger partial charge is 0.438 e. The van der Waals surface area contributed by atoms with Crippen LogP contribution in [0.1, 0.15) is 30.9 Å². The maximum Gasteiger partial charge on any atom is 0.238 e. The van der Waals surface area contributed by atoms with Crippen molar-refractivity contribution in [3.05, 3.63) is 66.1 Å². The zero-order chi connectivity index (χ0) is 21.7. The van der Waals surface area contributed by atoms with E-state index in [1.807, 2.05) is 0 Å². The van der Waals surface area contributed by atoms with Crippen molar-refractivity contribution >= 4 is 39.3 Å². The molecule has 2 unspecified atom stereocenters. The van der Waals surface area contributed by atoms with E-state index in [4.69, 9.17) is 10.2 Å². The Morgan fingerprint density at radius 2 is 1.81 bits per heavy atom.